The van der Waals surface area contributed by atoms with Gasteiger partial charge in [-0.15, -0.1) is 29.1 Å². The molecule has 102 valence electrons. The van der Waals surface area contributed by atoms with Crippen LogP contribution in [0.2, 0.25) is 0 Å². The lowest BCUT2D eigenvalue weighted by molar-refractivity contribution is 0.881. The number of nitrogens with one attached hydrogen (secondary N) is 2. The molecule has 5 nitrogen and oxygen atoms in total. The van der Waals surface area contributed by atoms with Crippen LogP contribution in [0.15, 0.2) is 34.5 Å². The van der Waals surface area contributed by atoms with E-state index < -0.39 is 0 Å². The topological polar surface area (TPSA) is 66.5 Å². The van der Waals surface area contributed by atoms with Crippen LogP contribution >= 0.6 is 24.0 Å². The number of thiol groups is 1. The van der Waals surface area contributed by atoms with Gasteiger partial charge < -0.3 is 5.32 Å². The summed E-state index contributed by atoms with van der Waals surface area (Å²) in [6.45, 7) is 2.80. The Morgan fingerprint density at radius 3 is 3.00 bits per heavy atom. The van der Waals surface area contributed by atoms with E-state index in [0.29, 0.717) is 5.82 Å². The first-order valence-corrected chi connectivity index (χ1v) is 7.40. The summed E-state index contributed by atoms with van der Waals surface area (Å²) in [6.07, 6.45) is 0. The van der Waals surface area contributed by atoms with Gasteiger partial charge in [0.2, 0.25) is 0 Å². The number of aromatic amines is 1. The molecule has 0 atom stereocenters. The lowest BCUT2D eigenvalue weighted by atomic mass is 10.1. The van der Waals surface area contributed by atoms with Gasteiger partial charge in [-0.05, 0) is 46.5 Å². The maximum Gasteiger partial charge on any atom is 0.181 e. The van der Waals surface area contributed by atoms with Gasteiger partial charge in [-0.1, -0.05) is 6.07 Å². The van der Waals surface area contributed by atoms with Crippen molar-refractivity contribution < 1.29 is 0 Å². The average molecular weight is 303 g/mol. The second-order valence-electron chi connectivity index (χ2n) is 4.37. The third-order valence-electron chi connectivity index (χ3n) is 2.97. The van der Waals surface area contributed by atoms with Crippen molar-refractivity contribution in [3.63, 3.8) is 0 Å². The molecule has 20 heavy (non-hydrogen) atoms. The second-order valence-corrected chi connectivity index (χ2v) is 5.88. The van der Waals surface area contributed by atoms with Crippen LogP contribution in [0.4, 0.5) is 5.69 Å². The summed E-state index contributed by atoms with van der Waals surface area (Å²) in [5.74, 6) is 0.633. The molecule has 0 aliphatic rings. The molecule has 3 rings (SSSR count). The summed E-state index contributed by atoms with van der Waals surface area (Å²) in [6, 6.07) is 8.18. The average Bonchev–Trinajstić information content (AvgIpc) is 3.12. The Kier molecular flexibility index (Phi) is 3.70. The van der Waals surface area contributed by atoms with E-state index >= 15 is 0 Å². The quantitative estimate of drug-likeness (QED) is 0.648. The Balaban J connectivity index is 1.94. The van der Waals surface area contributed by atoms with Crippen molar-refractivity contribution in [2.24, 2.45) is 0 Å². The number of hydrogen-bond acceptors (Lipinski definition) is 6. The molecule has 7 heteroatoms. The first-order chi connectivity index (χ1) is 9.74. The Bertz CT molecular complexity index is 692. The van der Waals surface area contributed by atoms with E-state index in [4.69, 9.17) is 0 Å². The number of rotatable bonds is 4. The lowest BCUT2D eigenvalue weighted by Crippen LogP contribution is -2.01. The van der Waals surface area contributed by atoms with E-state index in [2.05, 4.69) is 56.1 Å². The van der Waals surface area contributed by atoms with Crippen LogP contribution in [-0.4, -0.2) is 20.6 Å². The zero-order valence-electron chi connectivity index (χ0n) is 10.8. The van der Waals surface area contributed by atoms with Crippen molar-refractivity contribution in [1.82, 2.24) is 20.6 Å². The summed E-state index contributed by atoms with van der Waals surface area (Å²) in [4.78, 5) is 2.19. The molecule has 2 aromatic heterocycles. The standard InChI is InChI=1S/C13H13N5S2/c1-8-5-11(14-7-9-3-2-4-20-9)10(6-12(8)19)13-15-17-18-16-13/h2-6,14,19H,7H2,1H3,(H,15,16,17,18). The third kappa shape index (κ3) is 2.68. The van der Waals surface area contributed by atoms with Gasteiger partial charge >= 0.3 is 0 Å². The molecule has 0 radical (unpaired) electrons. The van der Waals surface area contributed by atoms with E-state index in [0.717, 1.165) is 28.3 Å². The van der Waals surface area contributed by atoms with Crippen molar-refractivity contribution in [1.29, 1.82) is 0 Å². The predicted molar refractivity (Wildman–Crippen MR) is 83.2 cm³/mol. The van der Waals surface area contributed by atoms with Crippen LogP contribution in [-0.2, 0) is 6.54 Å². The molecule has 2 N–H and O–H groups in total. The molecule has 0 amide bonds. The minimum Gasteiger partial charge on any atom is -0.380 e. The van der Waals surface area contributed by atoms with Gasteiger partial charge in [0.1, 0.15) is 0 Å². The zero-order valence-corrected chi connectivity index (χ0v) is 12.5. The highest BCUT2D eigenvalue weighted by Gasteiger charge is 2.11. The van der Waals surface area contributed by atoms with Crippen LogP contribution in [0, 0.1) is 6.92 Å². The molecule has 1 aromatic carbocycles. The van der Waals surface area contributed by atoms with Gasteiger partial charge in [0.05, 0.1) is 0 Å². The molecule has 2 heterocycles. The van der Waals surface area contributed by atoms with Crippen molar-refractivity contribution in [3.8, 4) is 11.4 Å². The number of H-pyrrole nitrogens is 1. The normalized spacial score (nSPS) is 10.7. The Morgan fingerprint density at radius 1 is 1.40 bits per heavy atom. The highest BCUT2D eigenvalue weighted by molar-refractivity contribution is 7.80. The number of aromatic nitrogens is 4. The van der Waals surface area contributed by atoms with Crippen LogP contribution in [0.5, 0.6) is 0 Å². The molecule has 0 saturated carbocycles. The number of aryl methyl sites for hydroxylation is 1. The third-order valence-corrected chi connectivity index (χ3v) is 4.33. The smallest absolute Gasteiger partial charge is 0.181 e. The van der Waals surface area contributed by atoms with Gasteiger partial charge in [0.25, 0.3) is 0 Å². The van der Waals surface area contributed by atoms with Crippen molar-refractivity contribution in [2.75, 3.05) is 5.32 Å². The highest BCUT2D eigenvalue weighted by atomic mass is 32.1. The minimum absolute atomic E-state index is 0.633. The Labute approximate surface area is 125 Å². The first-order valence-electron chi connectivity index (χ1n) is 6.08. The van der Waals surface area contributed by atoms with Gasteiger partial charge in [-0.2, -0.15) is 0 Å². The molecule has 0 bridgehead atoms. The largest absolute Gasteiger partial charge is 0.380 e. The number of tetrazole rings is 1. The van der Waals surface area contributed by atoms with Gasteiger partial charge in [-0.25, -0.2) is 5.10 Å². The van der Waals surface area contributed by atoms with Crippen LogP contribution in [0.1, 0.15) is 10.4 Å². The molecule has 0 spiro atoms. The lowest BCUT2D eigenvalue weighted by Gasteiger charge is -2.12. The fourth-order valence-corrected chi connectivity index (χ4v) is 2.75. The molecule has 0 aliphatic heterocycles. The zero-order chi connectivity index (χ0) is 13.9. The van der Waals surface area contributed by atoms with Crippen molar-refractivity contribution in [2.45, 2.75) is 18.4 Å². The fraction of sp³-hybridized carbons (Fsp3) is 0.154. The summed E-state index contributed by atoms with van der Waals surface area (Å²) in [5.41, 5.74) is 3.02. The fourth-order valence-electron chi connectivity index (χ4n) is 1.91. The summed E-state index contributed by atoms with van der Waals surface area (Å²) in [5, 5.41) is 19.5. The maximum absolute atomic E-state index is 4.47. The minimum atomic E-state index is 0.633. The summed E-state index contributed by atoms with van der Waals surface area (Å²) < 4.78 is 0. The monoisotopic (exact) mass is 303 g/mol. The number of hydrogen-bond donors (Lipinski definition) is 3. The number of anilines is 1. The summed E-state index contributed by atoms with van der Waals surface area (Å²) in [7, 11) is 0. The second kappa shape index (κ2) is 5.64. The van der Waals surface area contributed by atoms with Crippen molar-refractivity contribution in [3.05, 3.63) is 40.1 Å². The van der Waals surface area contributed by atoms with Crippen LogP contribution < -0.4 is 5.32 Å². The molecule has 0 fully saturated rings. The van der Waals surface area contributed by atoms with E-state index in [1.165, 1.54) is 4.88 Å². The van der Waals surface area contributed by atoms with Crippen LogP contribution in [0.3, 0.4) is 0 Å². The van der Waals surface area contributed by atoms with Gasteiger partial charge in [-0.3, -0.25) is 0 Å². The first kappa shape index (κ1) is 13.1. The number of benzene rings is 1. The SMILES string of the molecule is Cc1cc(NCc2cccs2)c(-c2nnn[nH]2)cc1S. The van der Waals surface area contributed by atoms with Crippen LogP contribution in [0.25, 0.3) is 11.4 Å². The molecule has 0 unspecified atom stereocenters. The summed E-state index contributed by atoms with van der Waals surface area (Å²) >= 11 is 6.19. The predicted octanol–water partition coefficient (Wildman–Crippen LogP) is 3.14. The van der Waals surface area contributed by atoms with Gasteiger partial charge in [0, 0.05) is 27.6 Å². The molecular weight excluding hydrogens is 290 g/mol. The Hall–Kier alpha value is -1.86. The number of nitrogens with zero attached hydrogens (tertiary/aromatic N) is 3. The van der Waals surface area contributed by atoms with Gasteiger partial charge in [0.15, 0.2) is 5.82 Å². The Morgan fingerprint density at radius 2 is 2.30 bits per heavy atom. The molecule has 0 aliphatic carbocycles. The maximum atomic E-state index is 4.47. The number of thiophene rings is 1. The molecule has 3 aromatic rings. The molecule has 0 saturated heterocycles. The highest BCUT2D eigenvalue weighted by Crippen LogP contribution is 2.30. The van der Waals surface area contributed by atoms with E-state index in [-0.39, 0.29) is 0 Å². The molecular formula is C13H13N5S2. The van der Waals surface area contributed by atoms with Crippen molar-refractivity contribution >= 4 is 29.7 Å². The van der Waals surface area contributed by atoms with E-state index in [9.17, 15) is 0 Å². The van der Waals surface area contributed by atoms with E-state index in [1.54, 1.807) is 11.3 Å². The van der Waals surface area contributed by atoms with E-state index in [1.807, 2.05) is 19.1 Å².